The highest BCUT2D eigenvalue weighted by atomic mass is 35.5. The van der Waals surface area contributed by atoms with Crippen molar-refractivity contribution >= 4 is 29.3 Å². The van der Waals surface area contributed by atoms with Crippen LogP contribution in [0.4, 0.5) is 0 Å². The molecule has 7 heteroatoms. The third-order valence-corrected chi connectivity index (χ3v) is 5.96. The fourth-order valence-corrected chi connectivity index (χ4v) is 3.94. The standard InChI is InChI=1S/C27H25ClN2O4/c28-22-12-10-20(11-13-22)24(16-17-34-23-4-2-1-3-5-23)29-27(33)21-8-6-19(7-9-21)18-30-25(31)14-15-26(30)32/h1-13,24H,14-18H2,(H,29,33). The van der Waals surface area contributed by atoms with Crippen LogP contribution in [-0.2, 0) is 16.1 Å². The van der Waals surface area contributed by atoms with Gasteiger partial charge in [0.15, 0.2) is 0 Å². The predicted molar refractivity (Wildman–Crippen MR) is 129 cm³/mol. The monoisotopic (exact) mass is 476 g/mol. The SMILES string of the molecule is O=C(NC(CCOc1ccccc1)c1ccc(Cl)cc1)c1ccc(CN2C(=O)CCC2=O)cc1. The fraction of sp³-hybridized carbons (Fsp3) is 0.222. The summed E-state index contributed by atoms with van der Waals surface area (Å²) in [6, 6.07) is 23.6. The second-order valence-corrected chi connectivity index (χ2v) is 8.53. The smallest absolute Gasteiger partial charge is 0.251 e. The van der Waals surface area contributed by atoms with Crippen LogP contribution in [0.25, 0.3) is 0 Å². The van der Waals surface area contributed by atoms with Crippen LogP contribution in [0, 0.1) is 0 Å². The van der Waals surface area contributed by atoms with E-state index in [0.717, 1.165) is 16.9 Å². The molecule has 1 fully saturated rings. The topological polar surface area (TPSA) is 75.7 Å². The van der Waals surface area contributed by atoms with E-state index < -0.39 is 0 Å². The maximum Gasteiger partial charge on any atom is 0.251 e. The van der Waals surface area contributed by atoms with Gasteiger partial charge in [0.1, 0.15) is 5.75 Å². The number of benzene rings is 3. The number of hydrogen-bond acceptors (Lipinski definition) is 4. The Morgan fingerprint density at radius 2 is 1.56 bits per heavy atom. The fourth-order valence-electron chi connectivity index (χ4n) is 3.81. The summed E-state index contributed by atoms with van der Waals surface area (Å²) in [6.45, 7) is 0.651. The molecule has 1 N–H and O–H groups in total. The van der Waals surface area contributed by atoms with Gasteiger partial charge >= 0.3 is 0 Å². The molecule has 0 saturated carbocycles. The molecule has 3 aromatic carbocycles. The lowest BCUT2D eigenvalue weighted by Gasteiger charge is -2.20. The molecule has 1 heterocycles. The summed E-state index contributed by atoms with van der Waals surface area (Å²) in [4.78, 5) is 37.9. The summed E-state index contributed by atoms with van der Waals surface area (Å²) in [5.41, 5.74) is 2.22. The second-order valence-electron chi connectivity index (χ2n) is 8.10. The summed E-state index contributed by atoms with van der Waals surface area (Å²) in [6.07, 6.45) is 1.10. The molecule has 6 nitrogen and oxygen atoms in total. The molecule has 3 amide bonds. The zero-order chi connectivity index (χ0) is 23.9. The van der Waals surface area contributed by atoms with E-state index in [0.29, 0.717) is 23.6 Å². The molecule has 1 saturated heterocycles. The van der Waals surface area contributed by atoms with Gasteiger partial charge in [0, 0.05) is 29.8 Å². The van der Waals surface area contributed by atoms with E-state index in [4.69, 9.17) is 16.3 Å². The summed E-state index contributed by atoms with van der Waals surface area (Å²) in [5, 5.41) is 3.71. The minimum atomic E-state index is -0.270. The minimum absolute atomic E-state index is 0.157. The molecule has 1 unspecified atom stereocenters. The van der Waals surface area contributed by atoms with Gasteiger partial charge in [0.25, 0.3) is 5.91 Å². The van der Waals surface area contributed by atoms with E-state index in [2.05, 4.69) is 5.32 Å². The Morgan fingerprint density at radius 1 is 0.912 bits per heavy atom. The molecular weight excluding hydrogens is 452 g/mol. The average molecular weight is 477 g/mol. The highest BCUT2D eigenvalue weighted by Crippen LogP contribution is 2.22. The lowest BCUT2D eigenvalue weighted by atomic mass is 10.0. The van der Waals surface area contributed by atoms with Gasteiger partial charge in [-0.25, -0.2) is 0 Å². The van der Waals surface area contributed by atoms with Gasteiger partial charge in [0.2, 0.25) is 11.8 Å². The Hall–Kier alpha value is -3.64. The van der Waals surface area contributed by atoms with Crippen LogP contribution in [0.15, 0.2) is 78.9 Å². The van der Waals surface area contributed by atoms with Crippen LogP contribution in [0.5, 0.6) is 5.75 Å². The number of halogens is 1. The molecule has 1 aliphatic rings. The largest absolute Gasteiger partial charge is 0.494 e. The first-order chi connectivity index (χ1) is 16.5. The van der Waals surface area contributed by atoms with E-state index >= 15 is 0 Å². The van der Waals surface area contributed by atoms with E-state index in [9.17, 15) is 14.4 Å². The van der Waals surface area contributed by atoms with Crippen LogP contribution in [-0.4, -0.2) is 29.2 Å². The Labute approximate surface area is 203 Å². The number of hydrogen-bond donors (Lipinski definition) is 1. The number of imide groups is 1. The molecule has 0 bridgehead atoms. The van der Waals surface area contributed by atoms with Gasteiger partial charge in [-0.3, -0.25) is 19.3 Å². The summed E-state index contributed by atoms with van der Waals surface area (Å²) in [7, 11) is 0. The average Bonchev–Trinajstić information content (AvgIpc) is 3.17. The van der Waals surface area contributed by atoms with Gasteiger partial charge in [-0.15, -0.1) is 0 Å². The van der Waals surface area contributed by atoms with Crippen molar-refractivity contribution < 1.29 is 19.1 Å². The van der Waals surface area contributed by atoms with E-state index in [1.54, 1.807) is 36.4 Å². The first-order valence-electron chi connectivity index (χ1n) is 11.2. The third kappa shape index (κ3) is 6.02. The van der Waals surface area contributed by atoms with Crippen molar-refractivity contribution in [2.24, 2.45) is 0 Å². The number of carbonyl (C=O) groups excluding carboxylic acids is 3. The van der Waals surface area contributed by atoms with Crippen LogP contribution in [0.3, 0.4) is 0 Å². The first-order valence-corrected chi connectivity index (χ1v) is 11.5. The molecule has 1 atom stereocenters. The summed E-state index contributed by atoms with van der Waals surface area (Å²) in [5.74, 6) is 0.236. The van der Waals surface area contributed by atoms with Gasteiger partial charge in [-0.2, -0.15) is 0 Å². The Kier molecular flexibility index (Phi) is 7.60. The van der Waals surface area contributed by atoms with Crippen molar-refractivity contribution in [1.29, 1.82) is 0 Å². The molecule has 0 radical (unpaired) electrons. The molecule has 34 heavy (non-hydrogen) atoms. The number of para-hydroxylation sites is 1. The van der Waals surface area contributed by atoms with Crippen LogP contribution in [0.2, 0.25) is 5.02 Å². The van der Waals surface area contributed by atoms with Crippen molar-refractivity contribution in [1.82, 2.24) is 10.2 Å². The number of likely N-dealkylation sites (tertiary alicyclic amines) is 1. The summed E-state index contributed by atoms with van der Waals surface area (Å²) >= 11 is 6.04. The van der Waals surface area contributed by atoms with E-state index in [-0.39, 0.29) is 43.1 Å². The van der Waals surface area contributed by atoms with Crippen LogP contribution < -0.4 is 10.1 Å². The molecule has 1 aliphatic heterocycles. The Bertz CT molecular complexity index is 1130. The van der Waals surface area contributed by atoms with Crippen molar-refractivity contribution in [2.75, 3.05) is 6.61 Å². The number of ether oxygens (including phenoxy) is 1. The van der Waals surface area contributed by atoms with Crippen molar-refractivity contribution in [2.45, 2.75) is 31.8 Å². The van der Waals surface area contributed by atoms with Crippen LogP contribution in [0.1, 0.15) is 46.8 Å². The normalized spacial score (nSPS) is 14.2. The summed E-state index contributed by atoms with van der Waals surface area (Å²) < 4.78 is 5.83. The van der Waals surface area contributed by atoms with Gasteiger partial charge in [-0.05, 0) is 47.5 Å². The Morgan fingerprint density at radius 3 is 2.21 bits per heavy atom. The second kappa shape index (κ2) is 11.0. The van der Waals surface area contributed by atoms with E-state index in [1.165, 1.54) is 4.90 Å². The molecular formula is C27H25ClN2O4. The van der Waals surface area contributed by atoms with Gasteiger partial charge < -0.3 is 10.1 Å². The van der Waals surface area contributed by atoms with Crippen molar-refractivity contribution in [3.05, 3.63) is 101 Å². The van der Waals surface area contributed by atoms with Gasteiger partial charge in [0.05, 0.1) is 19.2 Å². The highest BCUT2D eigenvalue weighted by molar-refractivity contribution is 6.30. The number of nitrogens with one attached hydrogen (secondary N) is 1. The van der Waals surface area contributed by atoms with Gasteiger partial charge in [-0.1, -0.05) is 54.1 Å². The lowest BCUT2D eigenvalue weighted by Crippen LogP contribution is -2.30. The predicted octanol–water partition coefficient (Wildman–Crippen LogP) is 4.93. The zero-order valence-electron chi connectivity index (χ0n) is 18.6. The number of amides is 3. The maximum atomic E-state index is 13.0. The van der Waals surface area contributed by atoms with Crippen molar-refractivity contribution in [3.8, 4) is 5.75 Å². The van der Waals surface area contributed by atoms with Crippen molar-refractivity contribution in [3.63, 3.8) is 0 Å². The molecule has 3 aromatic rings. The number of carbonyl (C=O) groups is 3. The third-order valence-electron chi connectivity index (χ3n) is 5.71. The van der Waals surface area contributed by atoms with E-state index in [1.807, 2.05) is 42.5 Å². The molecule has 0 aliphatic carbocycles. The molecule has 0 spiro atoms. The quantitative estimate of drug-likeness (QED) is 0.444. The number of rotatable bonds is 9. The highest BCUT2D eigenvalue weighted by Gasteiger charge is 2.28. The Balaban J connectivity index is 1.41. The van der Waals surface area contributed by atoms with Crippen LogP contribution >= 0.6 is 11.6 Å². The molecule has 0 aromatic heterocycles. The molecule has 4 rings (SSSR count). The zero-order valence-corrected chi connectivity index (χ0v) is 19.3. The maximum absolute atomic E-state index is 13.0. The number of nitrogens with zero attached hydrogens (tertiary/aromatic N) is 1. The molecule has 174 valence electrons. The minimum Gasteiger partial charge on any atom is -0.494 e. The lowest BCUT2D eigenvalue weighted by molar-refractivity contribution is -0.139. The first kappa shape index (κ1) is 23.5.